The van der Waals surface area contributed by atoms with E-state index in [1.54, 1.807) is 0 Å². The largest absolute Gasteiger partial charge is 0.488 e. The minimum atomic E-state index is 0.214. The summed E-state index contributed by atoms with van der Waals surface area (Å²) in [7, 11) is 0. The minimum absolute atomic E-state index is 0.214. The Labute approximate surface area is 130 Å². The van der Waals surface area contributed by atoms with E-state index in [1.807, 2.05) is 18.2 Å². The molecule has 2 unspecified atom stereocenters. The predicted molar refractivity (Wildman–Crippen MR) is 85.1 cm³/mol. The first-order valence-electron chi connectivity index (χ1n) is 7.56. The smallest absolute Gasteiger partial charge is 0.123 e. The van der Waals surface area contributed by atoms with Gasteiger partial charge >= 0.3 is 0 Å². The third kappa shape index (κ3) is 2.54. The first kappa shape index (κ1) is 13.2. The van der Waals surface area contributed by atoms with E-state index >= 15 is 0 Å². The first-order chi connectivity index (χ1) is 10.3. The molecule has 2 atom stereocenters. The number of ether oxygens (including phenoxy) is 1. The summed E-state index contributed by atoms with van der Waals surface area (Å²) in [5.74, 6) is 0.984. The highest BCUT2D eigenvalue weighted by atomic mass is 35.5. The molecule has 21 heavy (non-hydrogen) atoms. The molecule has 108 valence electrons. The molecule has 0 amide bonds. The van der Waals surface area contributed by atoms with Gasteiger partial charge in [-0.15, -0.1) is 0 Å². The molecule has 4 rings (SSSR count). The van der Waals surface area contributed by atoms with Gasteiger partial charge in [0.05, 0.1) is 0 Å². The van der Waals surface area contributed by atoms with Gasteiger partial charge in [0, 0.05) is 24.0 Å². The standard InChI is InChI=1S/C18H18ClNO/c19-14-6-8-18-13(9-14)10-15(21-18)11-20-17-7-5-12-3-1-2-4-16(12)17/h1-4,6,8-9,15,17,20H,5,7,10-11H2. The highest BCUT2D eigenvalue weighted by Crippen LogP contribution is 2.33. The quantitative estimate of drug-likeness (QED) is 0.927. The molecule has 2 aliphatic rings. The van der Waals surface area contributed by atoms with Crippen molar-refractivity contribution in [2.75, 3.05) is 6.54 Å². The molecule has 0 aromatic heterocycles. The summed E-state index contributed by atoms with van der Waals surface area (Å²) < 4.78 is 5.99. The molecule has 2 nitrogen and oxygen atoms in total. The van der Waals surface area contributed by atoms with Crippen LogP contribution >= 0.6 is 11.6 Å². The van der Waals surface area contributed by atoms with Crippen LogP contribution in [0.3, 0.4) is 0 Å². The van der Waals surface area contributed by atoms with Gasteiger partial charge in [-0.2, -0.15) is 0 Å². The second kappa shape index (κ2) is 5.36. The number of hydrogen-bond donors (Lipinski definition) is 1. The fourth-order valence-electron chi connectivity index (χ4n) is 3.45. The maximum Gasteiger partial charge on any atom is 0.123 e. The van der Waals surface area contributed by atoms with Crippen molar-refractivity contribution in [2.45, 2.75) is 31.4 Å². The second-order valence-electron chi connectivity index (χ2n) is 5.89. The SMILES string of the molecule is Clc1ccc2c(c1)CC(CNC1CCc3ccccc31)O2. The molecule has 0 bridgehead atoms. The van der Waals surface area contributed by atoms with Crippen LogP contribution in [-0.4, -0.2) is 12.6 Å². The molecule has 1 aliphatic carbocycles. The molecule has 1 aliphatic heterocycles. The van der Waals surface area contributed by atoms with Crippen LogP contribution in [0.15, 0.2) is 42.5 Å². The van der Waals surface area contributed by atoms with Crippen LogP contribution in [0, 0.1) is 0 Å². The summed E-state index contributed by atoms with van der Waals surface area (Å²) in [4.78, 5) is 0. The Bertz CT molecular complexity index is 670. The second-order valence-corrected chi connectivity index (χ2v) is 6.33. The molecule has 3 heteroatoms. The number of nitrogens with one attached hydrogen (secondary N) is 1. The van der Waals surface area contributed by atoms with Gasteiger partial charge in [0.1, 0.15) is 11.9 Å². The number of benzene rings is 2. The van der Waals surface area contributed by atoms with Gasteiger partial charge in [-0.1, -0.05) is 35.9 Å². The van der Waals surface area contributed by atoms with Crippen molar-refractivity contribution in [1.29, 1.82) is 0 Å². The fourth-order valence-corrected chi connectivity index (χ4v) is 3.64. The Morgan fingerprint density at radius 2 is 2.05 bits per heavy atom. The number of aryl methyl sites for hydroxylation is 1. The lowest BCUT2D eigenvalue weighted by atomic mass is 10.1. The van der Waals surface area contributed by atoms with Crippen molar-refractivity contribution in [3.8, 4) is 5.75 Å². The molecule has 1 N–H and O–H groups in total. The third-order valence-electron chi connectivity index (χ3n) is 4.49. The normalized spacial score (nSPS) is 22.7. The van der Waals surface area contributed by atoms with Gasteiger partial charge in [-0.3, -0.25) is 0 Å². The zero-order valence-corrected chi connectivity index (χ0v) is 12.6. The lowest BCUT2D eigenvalue weighted by Gasteiger charge is -2.17. The maximum atomic E-state index is 6.04. The number of hydrogen-bond acceptors (Lipinski definition) is 2. The zero-order chi connectivity index (χ0) is 14.2. The molecule has 0 fully saturated rings. The van der Waals surface area contributed by atoms with E-state index in [0.29, 0.717) is 6.04 Å². The molecule has 2 aromatic carbocycles. The van der Waals surface area contributed by atoms with Crippen molar-refractivity contribution in [1.82, 2.24) is 5.32 Å². The maximum absolute atomic E-state index is 6.04. The van der Waals surface area contributed by atoms with Crippen LogP contribution in [-0.2, 0) is 12.8 Å². The van der Waals surface area contributed by atoms with E-state index in [-0.39, 0.29) is 6.10 Å². The first-order valence-corrected chi connectivity index (χ1v) is 7.93. The zero-order valence-electron chi connectivity index (χ0n) is 11.8. The van der Waals surface area contributed by atoms with Gasteiger partial charge in [0.2, 0.25) is 0 Å². The number of rotatable bonds is 3. The molecule has 0 saturated carbocycles. The Hall–Kier alpha value is -1.51. The lowest BCUT2D eigenvalue weighted by Crippen LogP contribution is -2.32. The molecule has 1 heterocycles. The van der Waals surface area contributed by atoms with Gasteiger partial charge in [0.15, 0.2) is 0 Å². The van der Waals surface area contributed by atoms with Gasteiger partial charge in [-0.05, 0) is 47.7 Å². The average Bonchev–Trinajstić information content (AvgIpc) is 3.08. The van der Waals surface area contributed by atoms with E-state index in [4.69, 9.17) is 16.3 Å². The molecule has 0 spiro atoms. The fraction of sp³-hybridized carbons (Fsp3) is 0.333. The lowest BCUT2D eigenvalue weighted by molar-refractivity contribution is 0.221. The summed E-state index contributed by atoms with van der Waals surface area (Å²) in [6, 6.07) is 15.1. The molecule has 2 aromatic rings. The molecule has 0 radical (unpaired) electrons. The van der Waals surface area contributed by atoms with Crippen molar-refractivity contribution >= 4 is 11.6 Å². The number of halogens is 1. The highest BCUT2D eigenvalue weighted by molar-refractivity contribution is 6.30. The third-order valence-corrected chi connectivity index (χ3v) is 4.72. The summed E-state index contributed by atoms with van der Waals surface area (Å²) in [5.41, 5.74) is 4.16. The average molecular weight is 300 g/mol. The van der Waals surface area contributed by atoms with E-state index in [1.165, 1.54) is 29.5 Å². The van der Waals surface area contributed by atoms with Gasteiger partial charge in [-0.25, -0.2) is 0 Å². The Kier molecular flexibility index (Phi) is 3.36. The van der Waals surface area contributed by atoms with Gasteiger partial charge < -0.3 is 10.1 Å². The van der Waals surface area contributed by atoms with Crippen LogP contribution in [0.4, 0.5) is 0 Å². The topological polar surface area (TPSA) is 21.3 Å². The molecule has 0 saturated heterocycles. The van der Waals surface area contributed by atoms with E-state index < -0.39 is 0 Å². The Morgan fingerprint density at radius 1 is 1.14 bits per heavy atom. The summed E-state index contributed by atoms with van der Waals surface area (Å²) in [5, 5.41) is 4.46. The van der Waals surface area contributed by atoms with Gasteiger partial charge in [0.25, 0.3) is 0 Å². The van der Waals surface area contributed by atoms with Crippen LogP contribution < -0.4 is 10.1 Å². The van der Waals surface area contributed by atoms with Crippen LogP contribution in [0.2, 0.25) is 5.02 Å². The van der Waals surface area contributed by atoms with Crippen LogP contribution in [0.5, 0.6) is 5.75 Å². The van der Waals surface area contributed by atoms with Crippen molar-refractivity contribution in [2.24, 2.45) is 0 Å². The monoisotopic (exact) mass is 299 g/mol. The molecular weight excluding hydrogens is 282 g/mol. The Balaban J connectivity index is 1.39. The van der Waals surface area contributed by atoms with Crippen molar-refractivity contribution in [3.63, 3.8) is 0 Å². The molecular formula is C18H18ClNO. The van der Waals surface area contributed by atoms with E-state index in [9.17, 15) is 0 Å². The van der Waals surface area contributed by atoms with E-state index in [2.05, 4.69) is 29.6 Å². The predicted octanol–water partition coefficient (Wildman–Crippen LogP) is 3.92. The van der Waals surface area contributed by atoms with Crippen molar-refractivity contribution in [3.05, 3.63) is 64.2 Å². The summed E-state index contributed by atoms with van der Waals surface area (Å²) in [6.07, 6.45) is 3.52. The highest BCUT2D eigenvalue weighted by Gasteiger charge is 2.26. The van der Waals surface area contributed by atoms with Crippen LogP contribution in [0.1, 0.15) is 29.2 Å². The van der Waals surface area contributed by atoms with Crippen molar-refractivity contribution < 1.29 is 4.74 Å². The Morgan fingerprint density at radius 3 is 3.00 bits per heavy atom. The number of fused-ring (bicyclic) bond motifs is 2. The summed E-state index contributed by atoms with van der Waals surface area (Å²) in [6.45, 7) is 0.880. The van der Waals surface area contributed by atoms with E-state index in [0.717, 1.165) is 23.7 Å². The summed E-state index contributed by atoms with van der Waals surface area (Å²) >= 11 is 6.04. The van der Waals surface area contributed by atoms with Crippen LogP contribution in [0.25, 0.3) is 0 Å². The minimum Gasteiger partial charge on any atom is -0.488 e.